The minimum atomic E-state index is -0.247. The lowest BCUT2D eigenvalue weighted by atomic mass is 9.99. The molecule has 0 aliphatic heterocycles. The predicted molar refractivity (Wildman–Crippen MR) is 110 cm³/mol. The second-order valence-electron chi connectivity index (χ2n) is 6.64. The van der Waals surface area contributed by atoms with Crippen LogP contribution in [0.25, 0.3) is 32.9 Å². The van der Waals surface area contributed by atoms with E-state index in [-0.39, 0.29) is 5.91 Å². The van der Waals surface area contributed by atoms with Crippen molar-refractivity contribution < 1.29 is 4.79 Å². The molecule has 6 nitrogen and oxygen atoms in total. The Balaban J connectivity index is 1.67. The van der Waals surface area contributed by atoms with Crippen LogP contribution in [0.3, 0.4) is 0 Å². The highest BCUT2D eigenvalue weighted by Gasteiger charge is 2.15. The van der Waals surface area contributed by atoms with Crippen molar-refractivity contribution in [2.75, 3.05) is 5.32 Å². The molecule has 136 valence electrons. The van der Waals surface area contributed by atoms with Gasteiger partial charge >= 0.3 is 0 Å². The summed E-state index contributed by atoms with van der Waals surface area (Å²) in [6.45, 7) is 0. The van der Waals surface area contributed by atoms with Gasteiger partial charge in [-0.3, -0.25) is 14.5 Å². The van der Waals surface area contributed by atoms with Crippen LogP contribution in [-0.2, 0) is 7.05 Å². The highest BCUT2D eigenvalue weighted by atomic mass is 16.1. The summed E-state index contributed by atoms with van der Waals surface area (Å²) in [4.78, 5) is 20.1. The Kier molecular flexibility index (Phi) is 3.69. The van der Waals surface area contributed by atoms with Gasteiger partial charge in [-0.15, -0.1) is 0 Å². The standard InChI is InChI=1S/C22H17N5O/c1-27-21-12-14(15-5-4-7-18-16(15)8-10-24-18)11-20(17(21)13-25-27)26-22(28)19-6-2-3-9-23-19/h2-13,24H,1H3,(H,26,28). The van der Waals surface area contributed by atoms with Crippen molar-refractivity contribution in [1.29, 1.82) is 0 Å². The molecule has 5 aromatic rings. The Morgan fingerprint density at radius 2 is 2.00 bits per heavy atom. The van der Waals surface area contributed by atoms with Gasteiger partial charge in [0.1, 0.15) is 5.69 Å². The number of carbonyl (C=O) groups excluding carboxylic acids is 1. The topological polar surface area (TPSA) is 75.6 Å². The summed E-state index contributed by atoms with van der Waals surface area (Å²) >= 11 is 0. The van der Waals surface area contributed by atoms with Crippen LogP contribution < -0.4 is 5.32 Å². The predicted octanol–water partition coefficient (Wildman–Crippen LogP) is 4.37. The van der Waals surface area contributed by atoms with Gasteiger partial charge in [-0.1, -0.05) is 18.2 Å². The first-order valence-electron chi connectivity index (χ1n) is 8.95. The van der Waals surface area contributed by atoms with Crippen LogP contribution in [-0.4, -0.2) is 25.7 Å². The van der Waals surface area contributed by atoms with Gasteiger partial charge in [-0.2, -0.15) is 5.10 Å². The Hall–Kier alpha value is -3.93. The quantitative estimate of drug-likeness (QED) is 0.497. The zero-order valence-electron chi connectivity index (χ0n) is 15.2. The molecule has 0 saturated carbocycles. The van der Waals surface area contributed by atoms with Crippen LogP contribution in [0.1, 0.15) is 10.5 Å². The first-order chi connectivity index (χ1) is 13.7. The number of H-pyrrole nitrogens is 1. The number of rotatable bonds is 3. The summed E-state index contributed by atoms with van der Waals surface area (Å²) in [5.74, 6) is -0.247. The molecule has 0 fully saturated rings. The van der Waals surface area contributed by atoms with Crippen LogP contribution in [0.5, 0.6) is 0 Å². The number of carbonyl (C=O) groups is 1. The van der Waals surface area contributed by atoms with Crippen molar-refractivity contribution in [3.8, 4) is 11.1 Å². The molecular weight excluding hydrogens is 350 g/mol. The molecule has 28 heavy (non-hydrogen) atoms. The third kappa shape index (κ3) is 2.63. The lowest BCUT2D eigenvalue weighted by Crippen LogP contribution is -2.13. The lowest BCUT2D eigenvalue weighted by molar-refractivity contribution is 0.102. The number of aromatic amines is 1. The molecule has 3 heterocycles. The van der Waals surface area contributed by atoms with Crippen LogP contribution in [0.15, 0.2) is 73.2 Å². The Morgan fingerprint density at radius 3 is 2.86 bits per heavy atom. The first kappa shape index (κ1) is 16.3. The molecule has 0 bridgehead atoms. The molecule has 3 aromatic heterocycles. The van der Waals surface area contributed by atoms with Gasteiger partial charge in [0, 0.05) is 35.7 Å². The lowest BCUT2D eigenvalue weighted by Gasteiger charge is -2.11. The van der Waals surface area contributed by atoms with E-state index in [1.807, 2.05) is 36.1 Å². The van der Waals surface area contributed by atoms with Crippen LogP contribution >= 0.6 is 0 Å². The third-order valence-corrected chi connectivity index (χ3v) is 4.92. The Labute approximate surface area is 160 Å². The molecule has 0 aliphatic rings. The van der Waals surface area contributed by atoms with E-state index in [2.05, 4.69) is 38.6 Å². The van der Waals surface area contributed by atoms with E-state index in [0.29, 0.717) is 11.4 Å². The largest absolute Gasteiger partial charge is 0.361 e. The number of aryl methyl sites for hydroxylation is 1. The van der Waals surface area contributed by atoms with E-state index in [1.165, 1.54) is 0 Å². The highest BCUT2D eigenvalue weighted by molar-refractivity contribution is 6.09. The number of pyridine rings is 1. The fourth-order valence-corrected chi connectivity index (χ4v) is 3.53. The molecule has 1 amide bonds. The number of hydrogen-bond acceptors (Lipinski definition) is 3. The number of benzene rings is 2. The monoisotopic (exact) mass is 367 g/mol. The second kappa shape index (κ2) is 6.35. The van der Waals surface area contributed by atoms with Crippen molar-refractivity contribution in [1.82, 2.24) is 19.7 Å². The molecule has 0 saturated heterocycles. The van der Waals surface area contributed by atoms with Crippen molar-refractivity contribution in [3.05, 3.63) is 78.9 Å². The molecule has 0 unspecified atom stereocenters. The number of aromatic nitrogens is 4. The maximum absolute atomic E-state index is 12.7. The molecule has 6 heteroatoms. The van der Waals surface area contributed by atoms with Gasteiger partial charge in [-0.05, 0) is 47.5 Å². The molecule has 2 aromatic carbocycles. The average molecular weight is 367 g/mol. The molecule has 0 atom stereocenters. The molecule has 0 aliphatic carbocycles. The van der Waals surface area contributed by atoms with Gasteiger partial charge < -0.3 is 10.3 Å². The zero-order valence-corrected chi connectivity index (χ0v) is 15.2. The minimum absolute atomic E-state index is 0.247. The number of fused-ring (bicyclic) bond motifs is 2. The normalized spacial score (nSPS) is 11.2. The first-order valence-corrected chi connectivity index (χ1v) is 8.95. The number of nitrogens with one attached hydrogen (secondary N) is 2. The second-order valence-corrected chi connectivity index (χ2v) is 6.64. The smallest absolute Gasteiger partial charge is 0.274 e. The maximum atomic E-state index is 12.7. The number of hydrogen-bond donors (Lipinski definition) is 2. The number of amides is 1. The summed E-state index contributed by atoms with van der Waals surface area (Å²) in [6, 6.07) is 17.6. The van der Waals surface area contributed by atoms with Gasteiger partial charge in [0.15, 0.2) is 0 Å². The van der Waals surface area contributed by atoms with Crippen molar-refractivity contribution >= 4 is 33.4 Å². The van der Waals surface area contributed by atoms with Gasteiger partial charge in [0.25, 0.3) is 5.91 Å². The van der Waals surface area contributed by atoms with E-state index in [1.54, 1.807) is 30.6 Å². The molecule has 0 spiro atoms. The van der Waals surface area contributed by atoms with Crippen molar-refractivity contribution in [3.63, 3.8) is 0 Å². The summed E-state index contributed by atoms with van der Waals surface area (Å²) < 4.78 is 1.81. The Bertz CT molecular complexity index is 1320. The van der Waals surface area contributed by atoms with Crippen molar-refractivity contribution in [2.45, 2.75) is 0 Å². The van der Waals surface area contributed by atoms with E-state index in [9.17, 15) is 4.79 Å². The summed E-state index contributed by atoms with van der Waals surface area (Å²) in [5.41, 5.74) is 5.21. The van der Waals surface area contributed by atoms with Gasteiger partial charge in [0.2, 0.25) is 0 Å². The summed E-state index contributed by atoms with van der Waals surface area (Å²) in [5, 5.41) is 9.39. The molecule has 5 rings (SSSR count). The highest BCUT2D eigenvalue weighted by Crippen LogP contribution is 2.34. The van der Waals surface area contributed by atoms with E-state index < -0.39 is 0 Å². The van der Waals surface area contributed by atoms with E-state index >= 15 is 0 Å². The summed E-state index contributed by atoms with van der Waals surface area (Å²) in [7, 11) is 1.90. The fourth-order valence-electron chi connectivity index (χ4n) is 3.53. The van der Waals surface area contributed by atoms with Gasteiger partial charge in [-0.25, -0.2) is 0 Å². The maximum Gasteiger partial charge on any atom is 0.274 e. The molecule has 2 N–H and O–H groups in total. The molecule has 0 radical (unpaired) electrons. The fraction of sp³-hybridized carbons (Fsp3) is 0.0455. The Morgan fingerprint density at radius 1 is 1.07 bits per heavy atom. The van der Waals surface area contributed by atoms with Crippen LogP contribution in [0, 0.1) is 0 Å². The molecular formula is C22H17N5O. The van der Waals surface area contributed by atoms with Crippen molar-refractivity contribution in [2.24, 2.45) is 7.05 Å². The average Bonchev–Trinajstić information content (AvgIpc) is 3.35. The SMILES string of the molecule is Cn1ncc2c(NC(=O)c3ccccn3)cc(-c3cccc4[nH]ccc34)cc21. The van der Waals surface area contributed by atoms with Crippen LogP contribution in [0.4, 0.5) is 5.69 Å². The van der Waals surface area contributed by atoms with Crippen LogP contribution in [0.2, 0.25) is 0 Å². The number of nitrogens with zero attached hydrogens (tertiary/aromatic N) is 3. The van der Waals surface area contributed by atoms with E-state index in [0.717, 1.165) is 32.9 Å². The minimum Gasteiger partial charge on any atom is -0.361 e. The summed E-state index contributed by atoms with van der Waals surface area (Å²) in [6.07, 6.45) is 5.31. The van der Waals surface area contributed by atoms with E-state index in [4.69, 9.17) is 0 Å². The van der Waals surface area contributed by atoms with Gasteiger partial charge in [0.05, 0.1) is 17.4 Å². The third-order valence-electron chi connectivity index (χ3n) is 4.92. The number of anilines is 1. The zero-order chi connectivity index (χ0) is 19.1.